The van der Waals surface area contributed by atoms with Crippen LogP contribution in [-0.4, -0.2) is 27.7 Å². The average Bonchev–Trinajstić information content (AvgIpc) is 2.95. The lowest BCUT2D eigenvalue weighted by atomic mass is 9.68. The second-order valence-corrected chi connectivity index (χ2v) is 10.4. The van der Waals surface area contributed by atoms with Crippen molar-refractivity contribution in [2.45, 2.75) is 56.6 Å². The SMILES string of the molecule is C[C@@H]1CC[C@@H]2[C@@H](OC(=O)[C@@H]2C)[C@H]1CCC1(C)SCCS1. The van der Waals surface area contributed by atoms with Crippen molar-refractivity contribution in [3.05, 3.63) is 0 Å². The lowest BCUT2D eigenvalue weighted by molar-refractivity contribution is -0.146. The van der Waals surface area contributed by atoms with Gasteiger partial charge in [-0.25, -0.2) is 0 Å². The minimum Gasteiger partial charge on any atom is -0.462 e. The molecule has 0 bridgehead atoms. The number of hydrogen-bond acceptors (Lipinski definition) is 4. The van der Waals surface area contributed by atoms with Gasteiger partial charge in [0.15, 0.2) is 0 Å². The van der Waals surface area contributed by atoms with Gasteiger partial charge in [-0.3, -0.25) is 4.79 Å². The maximum atomic E-state index is 11.9. The highest BCUT2D eigenvalue weighted by Crippen LogP contribution is 2.50. The predicted molar refractivity (Wildman–Crippen MR) is 87.0 cm³/mol. The molecule has 0 spiro atoms. The van der Waals surface area contributed by atoms with Crippen molar-refractivity contribution in [2.24, 2.45) is 23.7 Å². The zero-order valence-electron chi connectivity index (χ0n) is 12.8. The van der Waals surface area contributed by atoms with Gasteiger partial charge in [0.2, 0.25) is 0 Å². The lowest BCUT2D eigenvalue weighted by Crippen LogP contribution is -2.38. The van der Waals surface area contributed by atoms with Crippen LogP contribution in [0, 0.1) is 23.7 Å². The van der Waals surface area contributed by atoms with Crippen LogP contribution in [0.15, 0.2) is 0 Å². The smallest absolute Gasteiger partial charge is 0.309 e. The Balaban J connectivity index is 1.65. The summed E-state index contributed by atoms with van der Waals surface area (Å²) >= 11 is 4.23. The van der Waals surface area contributed by atoms with E-state index in [9.17, 15) is 4.79 Å². The Morgan fingerprint density at radius 2 is 1.95 bits per heavy atom. The van der Waals surface area contributed by atoms with Gasteiger partial charge in [0, 0.05) is 17.4 Å². The molecule has 4 heteroatoms. The molecule has 2 nitrogen and oxygen atoms in total. The Morgan fingerprint density at radius 3 is 2.65 bits per heavy atom. The van der Waals surface area contributed by atoms with E-state index in [1.807, 2.05) is 0 Å². The Bertz CT molecular complexity index is 379. The number of rotatable bonds is 3. The summed E-state index contributed by atoms with van der Waals surface area (Å²) < 4.78 is 6.16. The van der Waals surface area contributed by atoms with Crippen molar-refractivity contribution in [3.63, 3.8) is 0 Å². The van der Waals surface area contributed by atoms with Crippen LogP contribution in [0.1, 0.15) is 46.5 Å². The summed E-state index contributed by atoms with van der Waals surface area (Å²) in [6.07, 6.45) is 5.13. The monoisotopic (exact) mass is 314 g/mol. The van der Waals surface area contributed by atoms with Crippen LogP contribution in [0.5, 0.6) is 0 Å². The summed E-state index contributed by atoms with van der Waals surface area (Å²) in [6.45, 7) is 6.81. The van der Waals surface area contributed by atoms with Crippen LogP contribution in [-0.2, 0) is 9.53 Å². The molecule has 0 N–H and O–H groups in total. The molecule has 0 radical (unpaired) electrons. The average molecular weight is 315 g/mol. The summed E-state index contributed by atoms with van der Waals surface area (Å²) in [5, 5.41) is 0. The van der Waals surface area contributed by atoms with Gasteiger partial charge in [-0.15, -0.1) is 23.5 Å². The van der Waals surface area contributed by atoms with E-state index in [1.165, 1.54) is 37.2 Å². The Kier molecular flexibility index (Phi) is 4.34. The van der Waals surface area contributed by atoms with Gasteiger partial charge in [-0.1, -0.05) is 13.8 Å². The summed E-state index contributed by atoms with van der Waals surface area (Å²) in [4.78, 5) is 11.9. The van der Waals surface area contributed by atoms with E-state index in [0.717, 1.165) is 0 Å². The number of thioether (sulfide) groups is 2. The van der Waals surface area contributed by atoms with Crippen LogP contribution in [0.25, 0.3) is 0 Å². The largest absolute Gasteiger partial charge is 0.462 e. The summed E-state index contributed by atoms with van der Waals surface area (Å²) in [6, 6.07) is 0. The third-order valence-electron chi connectivity index (χ3n) is 5.63. The first-order chi connectivity index (χ1) is 9.50. The number of carbonyl (C=O) groups is 1. The van der Waals surface area contributed by atoms with E-state index in [4.69, 9.17) is 4.74 Å². The third-order valence-corrected chi connectivity index (χ3v) is 9.04. The molecule has 2 saturated heterocycles. The molecular formula is C16H26O2S2. The van der Waals surface area contributed by atoms with Gasteiger partial charge in [0.1, 0.15) is 6.10 Å². The summed E-state index contributed by atoms with van der Waals surface area (Å²) in [5.41, 5.74) is 0. The third kappa shape index (κ3) is 2.75. The van der Waals surface area contributed by atoms with Gasteiger partial charge >= 0.3 is 5.97 Å². The molecule has 0 aromatic heterocycles. The fourth-order valence-electron chi connectivity index (χ4n) is 4.18. The molecule has 0 aromatic rings. The van der Waals surface area contributed by atoms with E-state index in [2.05, 4.69) is 44.3 Å². The highest BCUT2D eigenvalue weighted by atomic mass is 32.2. The molecule has 1 aliphatic carbocycles. The van der Waals surface area contributed by atoms with E-state index < -0.39 is 0 Å². The topological polar surface area (TPSA) is 26.3 Å². The van der Waals surface area contributed by atoms with E-state index in [1.54, 1.807) is 0 Å². The predicted octanol–water partition coefficient (Wildman–Crippen LogP) is 4.19. The number of esters is 1. The molecule has 20 heavy (non-hydrogen) atoms. The molecule has 0 aromatic carbocycles. The maximum Gasteiger partial charge on any atom is 0.309 e. The Hall–Kier alpha value is 0.170. The highest BCUT2D eigenvalue weighted by Gasteiger charge is 2.49. The normalized spacial score (nSPS) is 43.4. The summed E-state index contributed by atoms with van der Waals surface area (Å²) in [7, 11) is 0. The molecule has 3 fully saturated rings. The zero-order chi connectivity index (χ0) is 14.3. The second-order valence-electron chi connectivity index (χ2n) is 6.94. The molecule has 2 heterocycles. The van der Waals surface area contributed by atoms with Crippen LogP contribution in [0.4, 0.5) is 0 Å². The second kappa shape index (κ2) is 5.75. The standard InChI is InChI=1S/C16H26O2S2/c1-10-4-5-13-11(2)15(17)18-14(13)12(10)6-7-16(3)19-8-9-20-16/h10-14H,4-9H2,1-3H3/t10-,11-,12+,13+,14+/m1/s1. The van der Waals surface area contributed by atoms with Gasteiger partial charge in [-0.05, 0) is 44.4 Å². The van der Waals surface area contributed by atoms with Crippen LogP contribution in [0.3, 0.4) is 0 Å². The molecular weight excluding hydrogens is 288 g/mol. The fourth-order valence-corrected chi connectivity index (χ4v) is 7.07. The van der Waals surface area contributed by atoms with E-state index >= 15 is 0 Å². The molecule has 114 valence electrons. The van der Waals surface area contributed by atoms with Crippen LogP contribution < -0.4 is 0 Å². The molecule has 0 amide bonds. The van der Waals surface area contributed by atoms with Crippen molar-refractivity contribution in [2.75, 3.05) is 11.5 Å². The minimum absolute atomic E-state index is 0.0509. The van der Waals surface area contributed by atoms with Crippen LogP contribution >= 0.6 is 23.5 Å². The van der Waals surface area contributed by atoms with Crippen molar-refractivity contribution < 1.29 is 9.53 Å². The zero-order valence-corrected chi connectivity index (χ0v) is 14.4. The van der Waals surface area contributed by atoms with E-state index in [0.29, 0.717) is 21.8 Å². The van der Waals surface area contributed by atoms with E-state index in [-0.39, 0.29) is 18.0 Å². The first-order valence-corrected chi connectivity index (χ1v) is 9.96. The first kappa shape index (κ1) is 15.1. The number of hydrogen-bond donors (Lipinski definition) is 0. The molecule has 5 atom stereocenters. The van der Waals surface area contributed by atoms with Crippen molar-refractivity contribution >= 4 is 29.5 Å². The number of carbonyl (C=O) groups excluding carboxylic acids is 1. The lowest BCUT2D eigenvalue weighted by Gasteiger charge is -2.38. The molecule has 2 aliphatic heterocycles. The van der Waals surface area contributed by atoms with Gasteiger partial charge in [0.05, 0.1) is 10.00 Å². The summed E-state index contributed by atoms with van der Waals surface area (Å²) in [5.74, 6) is 4.53. The maximum absolute atomic E-state index is 11.9. The molecule has 3 aliphatic rings. The van der Waals surface area contributed by atoms with Crippen molar-refractivity contribution in [1.29, 1.82) is 0 Å². The quantitative estimate of drug-likeness (QED) is 0.730. The van der Waals surface area contributed by atoms with Gasteiger partial charge in [0.25, 0.3) is 0 Å². The highest BCUT2D eigenvalue weighted by molar-refractivity contribution is 8.21. The Morgan fingerprint density at radius 1 is 1.25 bits per heavy atom. The number of ether oxygens (including phenoxy) is 1. The van der Waals surface area contributed by atoms with Crippen LogP contribution in [0.2, 0.25) is 0 Å². The molecule has 1 saturated carbocycles. The molecule has 0 unspecified atom stereocenters. The number of fused-ring (bicyclic) bond motifs is 1. The van der Waals surface area contributed by atoms with Gasteiger partial charge < -0.3 is 4.74 Å². The van der Waals surface area contributed by atoms with Gasteiger partial charge in [-0.2, -0.15) is 0 Å². The fraction of sp³-hybridized carbons (Fsp3) is 0.938. The first-order valence-electron chi connectivity index (χ1n) is 7.98. The minimum atomic E-state index is 0.0509. The van der Waals surface area contributed by atoms with Crippen molar-refractivity contribution in [1.82, 2.24) is 0 Å². The van der Waals surface area contributed by atoms with Crippen molar-refractivity contribution in [3.8, 4) is 0 Å². The Labute approximate surface area is 131 Å². The molecule has 3 rings (SSSR count).